The minimum atomic E-state index is -0.458. The molecule has 0 unspecified atom stereocenters. The standard InChI is InChI=1S/C17H11Cl2N3O3/c18-15-7-1-11(9-16(15)19)17-8-6-14(25-17)10-20-21-12-2-4-13(5-3-12)22(23)24/h1-10,21H. The Morgan fingerprint density at radius 2 is 1.80 bits per heavy atom. The zero-order valence-electron chi connectivity index (χ0n) is 12.6. The number of anilines is 1. The van der Waals surface area contributed by atoms with Crippen LogP contribution in [-0.2, 0) is 0 Å². The van der Waals surface area contributed by atoms with Crippen LogP contribution < -0.4 is 5.43 Å². The van der Waals surface area contributed by atoms with Crippen LogP contribution in [0.15, 0.2) is 64.1 Å². The molecule has 0 aliphatic rings. The number of nitrogens with zero attached hydrogens (tertiary/aromatic N) is 2. The molecule has 3 rings (SSSR count). The van der Waals surface area contributed by atoms with E-state index in [9.17, 15) is 10.1 Å². The maximum Gasteiger partial charge on any atom is 0.269 e. The average Bonchev–Trinajstić information content (AvgIpc) is 3.07. The number of halogens is 2. The third-order valence-corrected chi connectivity index (χ3v) is 4.03. The predicted octanol–water partition coefficient (Wildman–Crippen LogP) is 5.61. The van der Waals surface area contributed by atoms with Crippen LogP contribution in [0.3, 0.4) is 0 Å². The molecule has 0 aliphatic heterocycles. The molecule has 0 atom stereocenters. The lowest BCUT2D eigenvalue weighted by molar-refractivity contribution is -0.384. The van der Waals surface area contributed by atoms with Gasteiger partial charge in [-0.05, 0) is 42.5 Å². The Morgan fingerprint density at radius 3 is 2.48 bits per heavy atom. The van der Waals surface area contributed by atoms with Gasteiger partial charge in [-0.15, -0.1) is 0 Å². The molecule has 0 fully saturated rings. The lowest BCUT2D eigenvalue weighted by Crippen LogP contribution is -1.91. The van der Waals surface area contributed by atoms with E-state index in [1.165, 1.54) is 18.3 Å². The van der Waals surface area contributed by atoms with Crippen molar-refractivity contribution in [3.05, 3.63) is 80.5 Å². The molecule has 0 spiro atoms. The van der Waals surface area contributed by atoms with E-state index in [2.05, 4.69) is 10.5 Å². The van der Waals surface area contributed by atoms with Gasteiger partial charge in [-0.2, -0.15) is 5.10 Å². The summed E-state index contributed by atoms with van der Waals surface area (Å²) >= 11 is 11.9. The first-order valence-electron chi connectivity index (χ1n) is 7.12. The van der Waals surface area contributed by atoms with E-state index >= 15 is 0 Å². The van der Waals surface area contributed by atoms with Crippen molar-refractivity contribution in [3.8, 4) is 11.3 Å². The average molecular weight is 376 g/mol. The van der Waals surface area contributed by atoms with Crippen LogP contribution in [-0.4, -0.2) is 11.1 Å². The third-order valence-electron chi connectivity index (χ3n) is 3.29. The number of nitro benzene ring substituents is 1. The topological polar surface area (TPSA) is 80.7 Å². The Morgan fingerprint density at radius 1 is 1.04 bits per heavy atom. The largest absolute Gasteiger partial charge is 0.455 e. The number of rotatable bonds is 5. The molecular formula is C17H11Cl2N3O3. The second-order valence-electron chi connectivity index (χ2n) is 5.00. The van der Waals surface area contributed by atoms with E-state index in [1.807, 2.05) is 6.07 Å². The first-order valence-corrected chi connectivity index (χ1v) is 7.87. The number of nitrogens with one attached hydrogen (secondary N) is 1. The molecule has 0 bridgehead atoms. The van der Waals surface area contributed by atoms with Gasteiger partial charge in [-0.25, -0.2) is 0 Å². The number of nitro groups is 1. The zero-order valence-corrected chi connectivity index (χ0v) is 14.2. The monoisotopic (exact) mass is 375 g/mol. The molecule has 126 valence electrons. The molecule has 0 saturated heterocycles. The van der Waals surface area contributed by atoms with Crippen molar-refractivity contribution in [2.75, 3.05) is 5.43 Å². The van der Waals surface area contributed by atoms with Crippen molar-refractivity contribution in [1.82, 2.24) is 0 Å². The second-order valence-corrected chi connectivity index (χ2v) is 5.82. The lowest BCUT2D eigenvalue weighted by Gasteiger charge is -2.00. The van der Waals surface area contributed by atoms with Crippen LogP contribution >= 0.6 is 23.2 Å². The highest BCUT2D eigenvalue weighted by atomic mass is 35.5. The minimum Gasteiger partial charge on any atom is -0.455 e. The lowest BCUT2D eigenvalue weighted by atomic mass is 10.2. The minimum absolute atomic E-state index is 0.0202. The van der Waals surface area contributed by atoms with Crippen molar-refractivity contribution in [3.63, 3.8) is 0 Å². The normalized spacial score (nSPS) is 11.0. The number of hydrazone groups is 1. The van der Waals surface area contributed by atoms with Crippen molar-refractivity contribution in [1.29, 1.82) is 0 Å². The highest BCUT2D eigenvalue weighted by molar-refractivity contribution is 6.42. The van der Waals surface area contributed by atoms with Crippen LogP contribution in [0, 0.1) is 10.1 Å². The molecule has 1 N–H and O–H groups in total. The quantitative estimate of drug-likeness (QED) is 0.357. The summed E-state index contributed by atoms with van der Waals surface area (Å²) in [7, 11) is 0. The van der Waals surface area contributed by atoms with Gasteiger partial charge in [0.25, 0.3) is 5.69 Å². The van der Waals surface area contributed by atoms with Crippen molar-refractivity contribution < 1.29 is 9.34 Å². The van der Waals surface area contributed by atoms with Gasteiger partial charge in [0.05, 0.1) is 26.9 Å². The molecule has 0 saturated carbocycles. The second kappa shape index (κ2) is 7.38. The summed E-state index contributed by atoms with van der Waals surface area (Å²) in [5.74, 6) is 1.17. The van der Waals surface area contributed by atoms with E-state index in [-0.39, 0.29) is 5.69 Å². The van der Waals surface area contributed by atoms with Crippen molar-refractivity contribution in [2.24, 2.45) is 5.10 Å². The SMILES string of the molecule is O=[N+]([O-])c1ccc(NN=Cc2ccc(-c3ccc(Cl)c(Cl)c3)o2)cc1. The van der Waals surface area contributed by atoms with Crippen LogP contribution in [0.1, 0.15) is 5.76 Å². The summed E-state index contributed by atoms with van der Waals surface area (Å²) < 4.78 is 5.67. The van der Waals surface area contributed by atoms with Crippen molar-refractivity contribution >= 4 is 40.8 Å². The summed E-state index contributed by atoms with van der Waals surface area (Å²) in [6.45, 7) is 0. The first-order chi connectivity index (χ1) is 12.0. The van der Waals surface area contributed by atoms with Gasteiger partial charge in [-0.3, -0.25) is 15.5 Å². The number of hydrogen-bond donors (Lipinski definition) is 1. The van der Waals surface area contributed by atoms with Gasteiger partial charge in [0, 0.05) is 17.7 Å². The Hall–Kier alpha value is -2.83. The van der Waals surface area contributed by atoms with E-state index in [1.54, 1.807) is 36.4 Å². The van der Waals surface area contributed by atoms with E-state index in [0.29, 0.717) is 27.3 Å². The Bertz CT molecular complexity index is 937. The molecular weight excluding hydrogens is 365 g/mol. The molecule has 6 nitrogen and oxygen atoms in total. The smallest absolute Gasteiger partial charge is 0.269 e. The first kappa shape index (κ1) is 17.0. The number of benzene rings is 2. The van der Waals surface area contributed by atoms with Crippen LogP contribution in [0.4, 0.5) is 11.4 Å². The van der Waals surface area contributed by atoms with Crippen LogP contribution in [0.2, 0.25) is 10.0 Å². The predicted molar refractivity (Wildman–Crippen MR) is 98.5 cm³/mol. The molecule has 1 heterocycles. The molecule has 0 radical (unpaired) electrons. The Labute approximate surface area is 152 Å². The fourth-order valence-electron chi connectivity index (χ4n) is 2.05. The summed E-state index contributed by atoms with van der Waals surface area (Å²) in [5.41, 5.74) is 4.22. The van der Waals surface area contributed by atoms with Gasteiger partial charge in [0.1, 0.15) is 11.5 Å². The highest BCUT2D eigenvalue weighted by Crippen LogP contribution is 2.29. The van der Waals surface area contributed by atoms with Gasteiger partial charge in [0.15, 0.2) is 0 Å². The fourth-order valence-corrected chi connectivity index (χ4v) is 2.35. The molecule has 0 amide bonds. The molecule has 8 heteroatoms. The number of hydrogen-bond acceptors (Lipinski definition) is 5. The van der Waals surface area contributed by atoms with Crippen LogP contribution in [0.25, 0.3) is 11.3 Å². The molecule has 3 aromatic rings. The summed E-state index contributed by atoms with van der Waals surface area (Å²) in [4.78, 5) is 10.1. The maximum atomic E-state index is 10.6. The van der Waals surface area contributed by atoms with Gasteiger partial charge in [-0.1, -0.05) is 23.2 Å². The van der Waals surface area contributed by atoms with Gasteiger partial charge >= 0.3 is 0 Å². The zero-order chi connectivity index (χ0) is 17.8. The molecule has 25 heavy (non-hydrogen) atoms. The van der Waals surface area contributed by atoms with Crippen molar-refractivity contribution in [2.45, 2.75) is 0 Å². The summed E-state index contributed by atoms with van der Waals surface area (Å²) in [5, 5.41) is 15.6. The summed E-state index contributed by atoms with van der Waals surface area (Å²) in [6.07, 6.45) is 1.50. The van der Waals surface area contributed by atoms with Gasteiger partial charge < -0.3 is 4.42 Å². The highest BCUT2D eigenvalue weighted by Gasteiger charge is 2.06. The molecule has 1 aromatic heterocycles. The van der Waals surface area contributed by atoms with E-state index in [0.717, 1.165) is 5.56 Å². The van der Waals surface area contributed by atoms with Gasteiger partial charge in [0.2, 0.25) is 0 Å². The van der Waals surface area contributed by atoms with E-state index < -0.39 is 4.92 Å². The fraction of sp³-hybridized carbons (Fsp3) is 0. The third kappa shape index (κ3) is 4.17. The molecule has 0 aliphatic carbocycles. The maximum absolute atomic E-state index is 10.6. The molecule has 2 aromatic carbocycles. The number of non-ortho nitro benzene ring substituents is 1. The Balaban J connectivity index is 1.67. The van der Waals surface area contributed by atoms with E-state index in [4.69, 9.17) is 27.6 Å². The number of furan rings is 1. The van der Waals surface area contributed by atoms with Crippen LogP contribution in [0.5, 0.6) is 0 Å². The summed E-state index contributed by atoms with van der Waals surface area (Å²) in [6, 6.07) is 14.7. The Kier molecular flexibility index (Phi) is 5.02.